The fraction of sp³-hybridized carbons (Fsp3) is 0.333. The quantitative estimate of drug-likeness (QED) is 0.816. The van der Waals surface area contributed by atoms with Crippen molar-refractivity contribution < 1.29 is 19.8 Å². The number of hydrogen-bond acceptors (Lipinski definition) is 2. The predicted molar refractivity (Wildman–Crippen MR) is 58.5 cm³/mol. The molecule has 4 heteroatoms. The fourth-order valence-corrected chi connectivity index (χ4v) is 1.66. The number of aryl methyl sites for hydroxylation is 1. The second kappa shape index (κ2) is 4.79. The van der Waals surface area contributed by atoms with E-state index in [1.807, 2.05) is 19.9 Å². The highest BCUT2D eigenvalue weighted by molar-refractivity contribution is 5.83. The Morgan fingerprint density at radius 3 is 2.38 bits per heavy atom. The molecule has 0 saturated heterocycles. The average molecular weight is 222 g/mol. The third-order valence-corrected chi connectivity index (χ3v) is 2.70. The number of carboxylic acid groups (broad SMARTS) is 2. The smallest absolute Gasteiger partial charge is 0.311 e. The topological polar surface area (TPSA) is 74.6 Å². The Hall–Kier alpha value is -1.84. The molecule has 86 valence electrons. The van der Waals surface area contributed by atoms with Gasteiger partial charge in [-0.1, -0.05) is 18.2 Å². The number of aliphatic carboxylic acids is 2. The van der Waals surface area contributed by atoms with Crippen molar-refractivity contribution in [2.45, 2.75) is 26.2 Å². The first-order valence-electron chi connectivity index (χ1n) is 4.94. The molecule has 0 spiro atoms. The monoisotopic (exact) mass is 222 g/mol. The van der Waals surface area contributed by atoms with E-state index < -0.39 is 17.9 Å². The molecule has 1 aromatic carbocycles. The van der Waals surface area contributed by atoms with Crippen LogP contribution < -0.4 is 0 Å². The van der Waals surface area contributed by atoms with Gasteiger partial charge in [0.25, 0.3) is 0 Å². The van der Waals surface area contributed by atoms with E-state index in [0.29, 0.717) is 5.56 Å². The maximum Gasteiger partial charge on any atom is 0.311 e. The van der Waals surface area contributed by atoms with Gasteiger partial charge in [-0.3, -0.25) is 9.59 Å². The van der Waals surface area contributed by atoms with Crippen LogP contribution >= 0.6 is 0 Å². The molecule has 0 heterocycles. The minimum absolute atomic E-state index is 0.389. The average Bonchev–Trinajstić information content (AvgIpc) is 2.18. The Balaban J connectivity index is 3.16. The zero-order valence-corrected chi connectivity index (χ0v) is 9.23. The van der Waals surface area contributed by atoms with Crippen molar-refractivity contribution in [3.63, 3.8) is 0 Å². The van der Waals surface area contributed by atoms with Crippen molar-refractivity contribution in [3.05, 3.63) is 34.9 Å². The molecule has 1 atom stereocenters. The van der Waals surface area contributed by atoms with E-state index in [1.165, 1.54) is 0 Å². The van der Waals surface area contributed by atoms with Crippen LogP contribution in [0.15, 0.2) is 18.2 Å². The van der Waals surface area contributed by atoms with E-state index in [4.69, 9.17) is 10.2 Å². The zero-order valence-electron chi connectivity index (χ0n) is 9.23. The van der Waals surface area contributed by atoms with Gasteiger partial charge in [-0.05, 0) is 30.5 Å². The second-order valence-electron chi connectivity index (χ2n) is 3.78. The van der Waals surface area contributed by atoms with Crippen molar-refractivity contribution >= 4 is 11.9 Å². The molecule has 0 aliphatic rings. The molecule has 0 aromatic heterocycles. The molecule has 0 amide bonds. The molecule has 0 bridgehead atoms. The molecule has 0 fully saturated rings. The minimum atomic E-state index is -1.10. The number of hydrogen-bond donors (Lipinski definition) is 2. The van der Waals surface area contributed by atoms with Gasteiger partial charge in [0, 0.05) is 0 Å². The van der Waals surface area contributed by atoms with Gasteiger partial charge in [0.05, 0.1) is 12.3 Å². The van der Waals surface area contributed by atoms with Crippen LogP contribution in [0.3, 0.4) is 0 Å². The van der Waals surface area contributed by atoms with Gasteiger partial charge in [-0.15, -0.1) is 0 Å². The maximum atomic E-state index is 11.0. The molecule has 0 aliphatic heterocycles. The van der Waals surface area contributed by atoms with Gasteiger partial charge >= 0.3 is 11.9 Å². The molecule has 2 N–H and O–H groups in total. The zero-order chi connectivity index (χ0) is 12.3. The molecular weight excluding hydrogens is 208 g/mol. The molecule has 0 radical (unpaired) electrons. The molecule has 1 rings (SSSR count). The Kier molecular flexibility index (Phi) is 3.66. The molecule has 0 saturated carbocycles. The first-order valence-corrected chi connectivity index (χ1v) is 4.94. The lowest BCUT2D eigenvalue weighted by molar-refractivity contribution is -0.145. The number of carboxylic acids is 2. The van der Waals surface area contributed by atoms with Gasteiger partial charge in [0.15, 0.2) is 0 Å². The summed E-state index contributed by atoms with van der Waals surface area (Å²) in [6.07, 6.45) is -0.389. The van der Waals surface area contributed by atoms with E-state index in [-0.39, 0.29) is 6.42 Å². The van der Waals surface area contributed by atoms with Crippen LogP contribution in [0.1, 0.15) is 29.0 Å². The van der Waals surface area contributed by atoms with E-state index >= 15 is 0 Å². The number of benzene rings is 1. The second-order valence-corrected chi connectivity index (χ2v) is 3.78. The molecule has 1 aromatic rings. The van der Waals surface area contributed by atoms with Crippen LogP contribution in [-0.4, -0.2) is 22.2 Å². The Labute approximate surface area is 93.5 Å². The molecular formula is C12H14O4. The third kappa shape index (κ3) is 2.59. The van der Waals surface area contributed by atoms with Crippen molar-refractivity contribution in [3.8, 4) is 0 Å². The summed E-state index contributed by atoms with van der Waals surface area (Å²) in [7, 11) is 0. The lowest BCUT2D eigenvalue weighted by Crippen LogP contribution is -2.17. The van der Waals surface area contributed by atoms with Gasteiger partial charge in [0.1, 0.15) is 0 Å². The normalized spacial score (nSPS) is 12.1. The van der Waals surface area contributed by atoms with Gasteiger partial charge < -0.3 is 10.2 Å². The Bertz CT molecular complexity index is 423. The highest BCUT2D eigenvalue weighted by atomic mass is 16.4. The van der Waals surface area contributed by atoms with Crippen LogP contribution in [0, 0.1) is 13.8 Å². The SMILES string of the molecule is Cc1cccc(C(CC(=O)O)C(=O)O)c1C. The van der Waals surface area contributed by atoms with Crippen molar-refractivity contribution in [2.75, 3.05) is 0 Å². The summed E-state index contributed by atoms with van der Waals surface area (Å²) in [5.41, 5.74) is 2.39. The van der Waals surface area contributed by atoms with Crippen LogP contribution in [0.4, 0.5) is 0 Å². The van der Waals surface area contributed by atoms with Crippen molar-refractivity contribution in [2.24, 2.45) is 0 Å². The summed E-state index contributed by atoms with van der Waals surface area (Å²) >= 11 is 0. The van der Waals surface area contributed by atoms with E-state index in [2.05, 4.69) is 0 Å². The number of rotatable bonds is 4. The van der Waals surface area contributed by atoms with Crippen LogP contribution in [0.5, 0.6) is 0 Å². The summed E-state index contributed by atoms with van der Waals surface area (Å²) in [6.45, 7) is 3.68. The summed E-state index contributed by atoms with van der Waals surface area (Å²) in [5.74, 6) is -3.18. The molecule has 1 unspecified atom stereocenters. The summed E-state index contributed by atoms with van der Waals surface area (Å²) in [6, 6.07) is 5.29. The van der Waals surface area contributed by atoms with Crippen LogP contribution in [0.2, 0.25) is 0 Å². The summed E-state index contributed by atoms with van der Waals surface area (Å²) in [4.78, 5) is 21.7. The lowest BCUT2D eigenvalue weighted by atomic mass is 9.90. The fourth-order valence-electron chi connectivity index (χ4n) is 1.66. The maximum absolute atomic E-state index is 11.0. The predicted octanol–water partition coefficient (Wildman–Crippen LogP) is 1.95. The first kappa shape index (κ1) is 12.2. The minimum Gasteiger partial charge on any atom is -0.481 e. The Morgan fingerprint density at radius 1 is 1.25 bits per heavy atom. The van der Waals surface area contributed by atoms with E-state index in [9.17, 15) is 9.59 Å². The molecule has 16 heavy (non-hydrogen) atoms. The summed E-state index contributed by atoms with van der Waals surface area (Å²) in [5, 5.41) is 17.7. The van der Waals surface area contributed by atoms with Crippen LogP contribution in [0.25, 0.3) is 0 Å². The van der Waals surface area contributed by atoms with E-state index in [1.54, 1.807) is 12.1 Å². The molecule has 0 aliphatic carbocycles. The van der Waals surface area contributed by atoms with Gasteiger partial charge in [-0.25, -0.2) is 0 Å². The largest absolute Gasteiger partial charge is 0.481 e. The Morgan fingerprint density at radius 2 is 1.88 bits per heavy atom. The first-order chi connectivity index (χ1) is 7.43. The van der Waals surface area contributed by atoms with Crippen LogP contribution in [-0.2, 0) is 9.59 Å². The van der Waals surface area contributed by atoms with Gasteiger partial charge in [0.2, 0.25) is 0 Å². The highest BCUT2D eigenvalue weighted by Crippen LogP contribution is 2.25. The number of carbonyl (C=O) groups is 2. The standard InChI is InChI=1S/C12H14O4/c1-7-4-3-5-9(8(7)2)10(12(15)16)6-11(13)14/h3-5,10H,6H2,1-2H3,(H,13,14)(H,15,16). The molecule has 4 nitrogen and oxygen atoms in total. The van der Waals surface area contributed by atoms with E-state index in [0.717, 1.165) is 11.1 Å². The van der Waals surface area contributed by atoms with Crippen molar-refractivity contribution in [1.29, 1.82) is 0 Å². The van der Waals surface area contributed by atoms with Gasteiger partial charge in [-0.2, -0.15) is 0 Å². The van der Waals surface area contributed by atoms with Crippen molar-refractivity contribution in [1.82, 2.24) is 0 Å². The third-order valence-electron chi connectivity index (χ3n) is 2.70. The highest BCUT2D eigenvalue weighted by Gasteiger charge is 2.24. The summed E-state index contributed by atoms with van der Waals surface area (Å²) < 4.78 is 0. The lowest BCUT2D eigenvalue weighted by Gasteiger charge is -2.14.